The molecular formula is C23H29N3O4. The van der Waals surface area contributed by atoms with Gasteiger partial charge in [0.05, 0.1) is 11.6 Å². The van der Waals surface area contributed by atoms with Gasteiger partial charge in [0.15, 0.2) is 6.10 Å². The van der Waals surface area contributed by atoms with Crippen LogP contribution in [0, 0.1) is 0 Å². The van der Waals surface area contributed by atoms with E-state index in [4.69, 9.17) is 20.2 Å². The van der Waals surface area contributed by atoms with E-state index in [0.29, 0.717) is 24.6 Å². The van der Waals surface area contributed by atoms with Gasteiger partial charge in [-0.15, -0.1) is 0 Å². The third-order valence-electron chi connectivity index (χ3n) is 5.50. The van der Waals surface area contributed by atoms with E-state index in [-0.39, 0.29) is 0 Å². The molecule has 1 unspecified atom stereocenters. The first-order valence-corrected chi connectivity index (χ1v) is 10.6. The number of ether oxygens (including phenoxy) is 2. The number of carbonyl (C=O) groups is 2. The molecule has 1 aromatic carbocycles. The summed E-state index contributed by atoms with van der Waals surface area (Å²) < 4.78 is 11.8. The minimum Gasteiger partial charge on any atom is -0.478 e. The van der Waals surface area contributed by atoms with Crippen molar-refractivity contribution in [1.29, 1.82) is 0 Å². The van der Waals surface area contributed by atoms with Crippen LogP contribution in [-0.4, -0.2) is 46.2 Å². The Kier molecular flexibility index (Phi) is 5.30. The molecule has 1 aromatic heterocycles. The molecule has 1 saturated carbocycles. The first kappa shape index (κ1) is 20.4. The van der Waals surface area contributed by atoms with Crippen LogP contribution in [0.5, 0.6) is 5.75 Å². The van der Waals surface area contributed by atoms with Gasteiger partial charge in [-0.05, 0) is 58.6 Å². The fourth-order valence-electron chi connectivity index (χ4n) is 3.97. The third-order valence-corrected chi connectivity index (χ3v) is 5.50. The van der Waals surface area contributed by atoms with E-state index in [9.17, 15) is 9.59 Å². The van der Waals surface area contributed by atoms with E-state index in [0.717, 1.165) is 35.9 Å². The molecule has 1 aliphatic carbocycles. The van der Waals surface area contributed by atoms with Crippen molar-refractivity contribution >= 4 is 22.9 Å². The Morgan fingerprint density at radius 1 is 1.20 bits per heavy atom. The monoisotopic (exact) mass is 411 g/mol. The van der Waals surface area contributed by atoms with Crippen LogP contribution in [0.4, 0.5) is 4.79 Å². The fourth-order valence-corrected chi connectivity index (χ4v) is 3.97. The van der Waals surface area contributed by atoms with E-state index in [1.165, 1.54) is 0 Å². The highest BCUT2D eigenvalue weighted by molar-refractivity contribution is 5.87. The second-order valence-corrected chi connectivity index (χ2v) is 9.16. The highest BCUT2D eigenvalue weighted by Gasteiger charge is 2.41. The lowest BCUT2D eigenvalue weighted by Gasteiger charge is -2.32. The molecule has 4 rings (SSSR count). The molecule has 7 nitrogen and oxygen atoms in total. The zero-order valence-electron chi connectivity index (χ0n) is 17.8. The summed E-state index contributed by atoms with van der Waals surface area (Å²) >= 11 is 0. The number of amides is 2. The first-order valence-electron chi connectivity index (χ1n) is 10.6. The number of pyridine rings is 1. The smallest absolute Gasteiger partial charge is 0.410 e. The Bertz CT molecular complexity index is 965. The van der Waals surface area contributed by atoms with Crippen molar-refractivity contribution < 1.29 is 19.1 Å². The lowest BCUT2D eigenvalue weighted by atomic mass is 10.1. The summed E-state index contributed by atoms with van der Waals surface area (Å²) in [7, 11) is 0. The number of hydrogen-bond acceptors (Lipinski definition) is 5. The predicted octanol–water partition coefficient (Wildman–Crippen LogP) is 3.74. The predicted molar refractivity (Wildman–Crippen MR) is 113 cm³/mol. The van der Waals surface area contributed by atoms with E-state index in [1.807, 2.05) is 51.1 Å². The largest absolute Gasteiger partial charge is 0.478 e. The van der Waals surface area contributed by atoms with Crippen LogP contribution in [0.1, 0.15) is 58.1 Å². The van der Waals surface area contributed by atoms with Crippen molar-refractivity contribution in [1.82, 2.24) is 9.88 Å². The van der Waals surface area contributed by atoms with Gasteiger partial charge in [-0.3, -0.25) is 9.78 Å². The molecule has 2 fully saturated rings. The Morgan fingerprint density at radius 2 is 1.93 bits per heavy atom. The summed E-state index contributed by atoms with van der Waals surface area (Å²) in [6.07, 6.45) is 2.21. The summed E-state index contributed by atoms with van der Waals surface area (Å²) in [4.78, 5) is 31.4. The van der Waals surface area contributed by atoms with Gasteiger partial charge >= 0.3 is 6.09 Å². The van der Waals surface area contributed by atoms with Crippen LogP contribution in [0.25, 0.3) is 10.9 Å². The number of rotatable bonds is 5. The standard InChI is InChI=1S/C23H29N3O4/c1-23(2,3)30-22(28)26-12-6-9-18(26)20(21(24)27)29-19-13-17(14-10-11-14)25-16-8-5-4-7-15(16)19/h4-5,7-8,13-14,18,20H,6,9-12H2,1-3H3,(H2,24,27)/t18-,20?/m1/s1. The molecule has 2 amide bonds. The van der Waals surface area contributed by atoms with Crippen molar-refractivity contribution in [2.45, 2.75) is 70.1 Å². The number of para-hydroxylation sites is 1. The number of likely N-dealkylation sites (tertiary alicyclic amines) is 1. The Hall–Kier alpha value is -2.83. The first-order chi connectivity index (χ1) is 14.2. The molecule has 7 heteroatoms. The molecule has 2 N–H and O–H groups in total. The van der Waals surface area contributed by atoms with Gasteiger partial charge in [0.25, 0.3) is 5.91 Å². The number of benzene rings is 1. The van der Waals surface area contributed by atoms with Gasteiger partial charge in [-0.1, -0.05) is 12.1 Å². The van der Waals surface area contributed by atoms with Gasteiger partial charge in [-0.25, -0.2) is 4.79 Å². The number of carbonyl (C=O) groups excluding carboxylic acids is 2. The minimum atomic E-state index is -0.960. The summed E-state index contributed by atoms with van der Waals surface area (Å²) in [5.74, 6) is 0.431. The van der Waals surface area contributed by atoms with Gasteiger partial charge in [0.2, 0.25) is 0 Å². The molecule has 2 aliphatic rings. The number of fused-ring (bicyclic) bond motifs is 1. The number of nitrogens with two attached hydrogens (primary N) is 1. The molecule has 0 radical (unpaired) electrons. The van der Waals surface area contributed by atoms with E-state index in [1.54, 1.807) is 4.90 Å². The number of aromatic nitrogens is 1. The van der Waals surface area contributed by atoms with Crippen LogP contribution >= 0.6 is 0 Å². The second kappa shape index (κ2) is 7.78. The van der Waals surface area contributed by atoms with Crippen molar-refractivity contribution in [3.05, 3.63) is 36.0 Å². The maximum atomic E-state index is 12.7. The maximum Gasteiger partial charge on any atom is 0.410 e. The summed E-state index contributed by atoms with van der Waals surface area (Å²) in [6, 6.07) is 9.16. The molecule has 1 aliphatic heterocycles. The topological polar surface area (TPSA) is 94.8 Å². The highest BCUT2D eigenvalue weighted by Crippen LogP contribution is 2.42. The lowest BCUT2D eigenvalue weighted by Crippen LogP contribution is -2.52. The molecule has 0 spiro atoms. The van der Waals surface area contributed by atoms with Crippen molar-refractivity contribution in [3.63, 3.8) is 0 Å². The SMILES string of the molecule is CC(C)(C)OC(=O)N1CCC[C@@H]1C(Oc1cc(C2CC2)nc2ccccc12)C(N)=O. The van der Waals surface area contributed by atoms with Gasteiger partial charge in [0, 0.05) is 29.6 Å². The summed E-state index contributed by atoms with van der Waals surface area (Å²) in [6.45, 7) is 5.97. The highest BCUT2D eigenvalue weighted by atomic mass is 16.6. The van der Waals surface area contributed by atoms with Crippen LogP contribution in [0.2, 0.25) is 0 Å². The molecule has 1 saturated heterocycles. The van der Waals surface area contributed by atoms with Gasteiger partial charge in [0.1, 0.15) is 11.4 Å². The van der Waals surface area contributed by atoms with Crippen molar-refractivity contribution in [2.24, 2.45) is 5.73 Å². The molecule has 30 heavy (non-hydrogen) atoms. The molecular weight excluding hydrogens is 382 g/mol. The van der Waals surface area contributed by atoms with Crippen molar-refractivity contribution in [3.8, 4) is 5.75 Å². The maximum absolute atomic E-state index is 12.7. The number of nitrogens with zero attached hydrogens (tertiary/aromatic N) is 2. The number of primary amides is 1. The third kappa shape index (κ3) is 4.35. The van der Waals surface area contributed by atoms with Gasteiger partial charge in [-0.2, -0.15) is 0 Å². The average Bonchev–Trinajstić information content (AvgIpc) is 3.41. The Morgan fingerprint density at radius 3 is 2.60 bits per heavy atom. The minimum absolute atomic E-state index is 0.439. The Labute approximate surface area is 176 Å². The van der Waals surface area contributed by atoms with Gasteiger partial charge < -0.3 is 20.1 Å². The molecule has 2 atom stereocenters. The second-order valence-electron chi connectivity index (χ2n) is 9.16. The summed E-state index contributed by atoms with van der Waals surface area (Å²) in [5, 5.41) is 0.829. The zero-order chi connectivity index (χ0) is 21.5. The zero-order valence-corrected chi connectivity index (χ0v) is 17.8. The normalized spacial score (nSPS) is 20.2. The van der Waals surface area contributed by atoms with Crippen LogP contribution in [0.3, 0.4) is 0 Å². The Balaban J connectivity index is 1.64. The van der Waals surface area contributed by atoms with Crippen LogP contribution in [-0.2, 0) is 9.53 Å². The fraction of sp³-hybridized carbons (Fsp3) is 0.522. The molecule has 160 valence electrons. The lowest BCUT2D eigenvalue weighted by molar-refractivity contribution is -0.127. The van der Waals surface area contributed by atoms with E-state index >= 15 is 0 Å². The van der Waals surface area contributed by atoms with Crippen LogP contribution in [0.15, 0.2) is 30.3 Å². The van der Waals surface area contributed by atoms with Crippen LogP contribution < -0.4 is 10.5 Å². The van der Waals surface area contributed by atoms with E-state index in [2.05, 4.69) is 0 Å². The molecule has 2 aromatic rings. The molecule has 2 heterocycles. The quantitative estimate of drug-likeness (QED) is 0.809. The average molecular weight is 412 g/mol. The summed E-state index contributed by atoms with van der Waals surface area (Å²) in [5.41, 5.74) is 6.94. The number of hydrogen-bond donors (Lipinski definition) is 1. The van der Waals surface area contributed by atoms with Crippen molar-refractivity contribution in [2.75, 3.05) is 6.54 Å². The molecule has 0 bridgehead atoms. The van der Waals surface area contributed by atoms with E-state index < -0.39 is 29.7 Å².